The molecule has 0 aliphatic rings. The highest BCUT2D eigenvalue weighted by molar-refractivity contribution is 8.14. The highest BCUT2D eigenvalue weighted by Gasteiger charge is 2.13. The molecule has 26 heavy (non-hydrogen) atoms. The minimum Gasteiger partial charge on any atom is -0.423 e. The molecule has 0 unspecified atom stereocenters. The Morgan fingerprint density at radius 1 is 0.885 bits per heavy atom. The highest BCUT2D eigenvalue weighted by Crippen LogP contribution is 2.25. The Labute approximate surface area is 160 Å². The van der Waals surface area contributed by atoms with E-state index >= 15 is 0 Å². The van der Waals surface area contributed by atoms with E-state index in [1.165, 1.54) is 12.2 Å². The SMILES string of the molecule is C=CC(=O)Sc1ccc(OC(=O)c2ccc(SC(=O)C=C)cc2C)cc1. The van der Waals surface area contributed by atoms with E-state index in [4.69, 9.17) is 4.74 Å². The minimum atomic E-state index is -0.489. The number of hydrogen-bond donors (Lipinski definition) is 0. The molecular weight excluding hydrogens is 368 g/mol. The normalized spacial score (nSPS) is 10.0. The zero-order chi connectivity index (χ0) is 19.1. The molecule has 0 amide bonds. The molecule has 0 aromatic heterocycles. The number of rotatable bonds is 6. The fraction of sp³-hybridized carbons (Fsp3) is 0.0500. The summed E-state index contributed by atoms with van der Waals surface area (Å²) in [6.07, 6.45) is 2.48. The third-order valence-corrected chi connectivity index (χ3v) is 4.96. The van der Waals surface area contributed by atoms with Gasteiger partial charge in [0.25, 0.3) is 0 Å². The summed E-state index contributed by atoms with van der Waals surface area (Å²) in [6, 6.07) is 11.7. The van der Waals surface area contributed by atoms with Gasteiger partial charge in [0.1, 0.15) is 5.75 Å². The Kier molecular flexibility index (Phi) is 7.00. The van der Waals surface area contributed by atoms with Crippen molar-refractivity contribution in [2.75, 3.05) is 0 Å². The summed E-state index contributed by atoms with van der Waals surface area (Å²) in [4.78, 5) is 36.5. The summed E-state index contributed by atoms with van der Waals surface area (Å²) in [5, 5.41) is -0.314. The van der Waals surface area contributed by atoms with Crippen LogP contribution in [0.4, 0.5) is 0 Å². The maximum Gasteiger partial charge on any atom is 0.343 e. The Balaban J connectivity index is 2.07. The molecular formula is C20H16O4S2. The first kappa shape index (κ1) is 19.8. The van der Waals surface area contributed by atoms with Crippen molar-refractivity contribution in [3.8, 4) is 5.75 Å². The largest absolute Gasteiger partial charge is 0.423 e. The van der Waals surface area contributed by atoms with Crippen LogP contribution in [0, 0.1) is 6.92 Å². The van der Waals surface area contributed by atoms with E-state index in [0.717, 1.165) is 33.3 Å². The topological polar surface area (TPSA) is 60.4 Å². The quantitative estimate of drug-likeness (QED) is 0.308. The van der Waals surface area contributed by atoms with Gasteiger partial charge in [-0.1, -0.05) is 13.2 Å². The summed E-state index contributed by atoms with van der Waals surface area (Å²) < 4.78 is 5.37. The lowest BCUT2D eigenvalue weighted by Gasteiger charge is -2.08. The van der Waals surface area contributed by atoms with Gasteiger partial charge in [-0.05, 0) is 90.6 Å². The molecule has 2 aromatic carbocycles. The van der Waals surface area contributed by atoms with Gasteiger partial charge in [-0.25, -0.2) is 4.79 Å². The molecule has 0 saturated carbocycles. The number of esters is 1. The molecule has 6 heteroatoms. The van der Waals surface area contributed by atoms with Crippen molar-refractivity contribution in [1.29, 1.82) is 0 Å². The van der Waals surface area contributed by atoms with Gasteiger partial charge in [-0.2, -0.15) is 0 Å². The Hall–Kier alpha value is -2.57. The van der Waals surface area contributed by atoms with Crippen LogP contribution in [-0.2, 0) is 9.59 Å². The second-order valence-corrected chi connectivity index (χ2v) is 7.24. The lowest BCUT2D eigenvalue weighted by Crippen LogP contribution is -2.10. The van der Waals surface area contributed by atoms with Gasteiger partial charge >= 0.3 is 5.97 Å². The van der Waals surface area contributed by atoms with Crippen LogP contribution in [0.5, 0.6) is 5.75 Å². The third-order valence-electron chi connectivity index (χ3n) is 3.22. The molecule has 2 aromatic rings. The van der Waals surface area contributed by atoms with Crippen LogP contribution in [0.1, 0.15) is 15.9 Å². The molecule has 0 saturated heterocycles. The van der Waals surface area contributed by atoms with Gasteiger partial charge in [0.15, 0.2) is 0 Å². The van der Waals surface area contributed by atoms with Gasteiger partial charge < -0.3 is 4.74 Å². The van der Waals surface area contributed by atoms with E-state index in [9.17, 15) is 14.4 Å². The Morgan fingerprint density at radius 2 is 1.42 bits per heavy atom. The van der Waals surface area contributed by atoms with Crippen molar-refractivity contribution in [1.82, 2.24) is 0 Å². The summed E-state index contributed by atoms with van der Waals surface area (Å²) in [5.74, 6) is -0.109. The summed E-state index contributed by atoms with van der Waals surface area (Å²) >= 11 is 2.09. The average Bonchev–Trinajstić information content (AvgIpc) is 2.63. The monoisotopic (exact) mass is 384 g/mol. The molecule has 0 atom stereocenters. The van der Waals surface area contributed by atoms with Gasteiger partial charge in [-0.3, -0.25) is 9.59 Å². The maximum atomic E-state index is 12.3. The first-order valence-corrected chi connectivity index (χ1v) is 9.17. The Morgan fingerprint density at radius 3 is 1.96 bits per heavy atom. The molecule has 0 N–H and O–H groups in total. The number of ether oxygens (including phenoxy) is 1. The van der Waals surface area contributed by atoms with Gasteiger partial charge in [0.05, 0.1) is 5.56 Å². The van der Waals surface area contributed by atoms with E-state index in [2.05, 4.69) is 13.2 Å². The van der Waals surface area contributed by atoms with E-state index in [0.29, 0.717) is 16.9 Å². The van der Waals surface area contributed by atoms with Crippen molar-refractivity contribution in [2.24, 2.45) is 0 Å². The fourth-order valence-corrected chi connectivity index (χ4v) is 3.26. The third kappa shape index (κ3) is 5.47. The van der Waals surface area contributed by atoms with Crippen molar-refractivity contribution in [3.05, 3.63) is 78.9 Å². The fourth-order valence-electron chi connectivity index (χ4n) is 1.98. The van der Waals surface area contributed by atoms with Crippen LogP contribution < -0.4 is 4.74 Å². The molecule has 0 aliphatic heterocycles. The van der Waals surface area contributed by atoms with Crippen molar-refractivity contribution in [3.63, 3.8) is 0 Å². The zero-order valence-electron chi connectivity index (χ0n) is 14.1. The summed E-state index contributed by atoms with van der Waals surface area (Å²) in [6.45, 7) is 8.62. The standard InChI is InChI=1S/C20H16O4S2/c1-4-18(21)25-15-8-6-14(7-9-15)24-20(23)17-11-10-16(12-13(17)3)26-19(22)5-2/h4-12H,1-2H2,3H3. The van der Waals surface area contributed by atoms with Gasteiger partial charge in [0.2, 0.25) is 10.2 Å². The molecule has 132 valence electrons. The molecule has 0 fully saturated rings. The predicted molar refractivity (Wildman–Crippen MR) is 105 cm³/mol. The highest BCUT2D eigenvalue weighted by atomic mass is 32.2. The first-order chi connectivity index (χ1) is 12.4. The lowest BCUT2D eigenvalue weighted by molar-refractivity contribution is -0.107. The summed E-state index contributed by atoms with van der Waals surface area (Å²) in [5.41, 5.74) is 1.13. The Bertz CT molecular complexity index is 870. The van der Waals surface area contributed by atoms with Gasteiger partial charge in [-0.15, -0.1) is 0 Å². The molecule has 0 spiro atoms. The van der Waals surface area contributed by atoms with Crippen LogP contribution in [0.25, 0.3) is 0 Å². The lowest BCUT2D eigenvalue weighted by atomic mass is 10.1. The molecule has 2 rings (SSSR count). The predicted octanol–water partition coefficient (Wildman–Crippen LogP) is 4.82. The number of thioether (sulfide) groups is 2. The van der Waals surface area contributed by atoms with Crippen LogP contribution in [0.15, 0.2) is 77.6 Å². The number of hydrogen-bond acceptors (Lipinski definition) is 6. The van der Waals surface area contributed by atoms with Crippen LogP contribution in [0.3, 0.4) is 0 Å². The van der Waals surface area contributed by atoms with Crippen LogP contribution in [0.2, 0.25) is 0 Å². The number of aryl methyl sites for hydroxylation is 1. The van der Waals surface area contributed by atoms with E-state index in [1.807, 2.05) is 0 Å². The minimum absolute atomic E-state index is 0.154. The number of carbonyl (C=O) groups excluding carboxylic acids is 3. The van der Waals surface area contributed by atoms with E-state index < -0.39 is 5.97 Å². The first-order valence-electron chi connectivity index (χ1n) is 7.54. The van der Waals surface area contributed by atoms with Crippen molar-refractivity contribution < 1.29 is 19.1 Å². The van der Waals surface area contributed by atoms with Crippen LogP contribution >= 0.6 is 23.5 Å². The van der Waals surface area contributed by atoms with Crippen molar-refractivity contribution in [2.45, 2.75) is 16.7 Å². The second-order valence-electron chi connectivity index (χ2n) is 5.09. The van der Waals surface area contributed by atoms with Crippen LogP contribution in [-0.4, -0.2) is 16.2 Å². The number of carbonyl (C=O) groups is 3. The van der Waals surface area contributed by atoms with E-state index in [-0.39, 0.29) is 10.2 Å². The molecule has 4 nitrogen and oxygen atoms in total. The number of benzene rings is 2. The average molecular weight is 384 g/mol. The molecule has 0 radical (unpaired) electrons. The maximum absolute atomic E-state index is 12.3. The molecule has 0 heterocycles. The summed E-state index contributed by atoms with van der Waals surface area (Å²) in [7, 11) is 0. The van der Waals surface area contributed by atoms with E-state index in [1.54, 1.807) is 49.4 Å². The van der Waals surface area contributed by atoms with Gasteiger partial charge in [0, 0.05) is 9.79 Å². The smallest absolute Gasteiger partial charge is 0.343 e. The molecule has 0 bridgehead atoms. The zero-order valence-corrected chi connectivity index (χ0v) is 15.7. The molecule has 0 aliphatic carbocycles. The second kappa shape index (κ2) is 9.22. The van der Waals surface area contributed by atoms with Crippen molar-refractivity contribution >= 4 is 39.7 Å².